The highest BCUT2D eigenvalue weighted by molar-refractivity contribution is 7.71. The molecule has 5 heteroatoms. The number of nitrogens with one attached hydrogen (secondary N) is 1. The first kappa shape index (κ1) is 18.0. The Morgan fingerprint density at radius 1 is 1.04 bits per heavy atom. The van der Waals surface area contributed by atoms with E-state index in [9.17, 15) is 5.11 Å². The van der Waals surface area contributed by atoms with E-state index in [-0.39, 0.29) is 5.75 Å². The van der Waals surface area contributed by atoms with Crippen LogP contribution in [0.5, 0.6) is 11.5 Å². The number of aryl methyl sites for hydroxylation is 1. The van der Waals surface area contributed by atoms with Crippen molar-refractivity contribution in [1.82, 2.24) is 0 Å². The number of ether oxygens (including phenoxy) is 1. The molecule has 0 fully saturated rings. The highest BCUT2D eigenvalue weighted by Crippen LogP contribution is 2.25. The van der Waals surface area contributed by atoms with Crippen molar-refractivity contribution < 1.29 is 14.3 Å². The maximum absolute atomic E-state index is 10.1. The number of aromatic hydroxyl groups is 1. The molecule has 0 aliphatic carbocycles. The second-order valence-electron chi connectivity index (χ2n) is 5.86. The minimum absolute atomic E-state index is 0.0274. The largest absolute Gasteiger partial charge is 0.503 e. The Morgan fingerprint density at radius 2 is 1.65 bits per heavy atom. The number of anilines is 1. The van der Waals surface area contributed by atoms with E-state index in [0.29, 0.717) is 16.8 Å². The average Bonchev–Trinajstić information content (AvgIpc) is 2.69. The molecule has 0 aliphatic heterocycles. The maximum atomic E-state index is 10.1. The normalized spacial score (nSPS) is 10.5. The molecule has 0 aliphatic rings. The van der Waals surface area contributed by atoms with E-state index in [4.69, 9.17) is 21.4 Å². The summed E-state index contributed by atoms with van der Waals surface area (Å²) < 4.78 is 11.3. The van der Waals surface area contributed by atoms with Crippen molar-refractivity contribution >= 4 is 17.9 Å². The quantitative estimate of drug-likeness (QED) is 0.558. The van der Waals surface area contributed by atoms with Crippen LogP contribution in [0.3, 0.4) is 0 Å². The molecule has 0 atom stereocenters. The van der Waals surface area contributed by atoms with Gasteiger partial charge in [-0.1, -0.05) is 43.4 Å². The van der Waals surface area contributed by atoms with Gasteiger partial charge >= 0.3 is 0 Å². The first-order valence-electron chi connectivity index (χ1n) is 8.44. The van der Waals surface area contributed by atoms with Crippen LogP contribution < -0.4 is 10.1 Å². The number of rotatable bonds is 6. The zero-order chi connectivity index (χ0) is 18.5. The third kappa shape index (κ3) is 4.06. The molecule has 2 N–H and O–H groups in total. The summed E-state index contributed by atoms with van der Waals surface area (Å²) in [5, 5.41) is 13.3. The highest BCUT2D eigenvalue weighted by atomic mass is 32.1. The first-order chi connectivity index (χ1) is 12.6. The Labute approximate surface area is 158 Å². The van der Waals surface area contributed by atoms with E-state index >= 15 is 0 Å². The third-order valence-electron chi connectivity index (χ3n) is 4.15. The van der Waals surface area contributed by atoms with Gasteiger partial charge in [0, 0.05) is 12.1 Å². The van der Waals surface area contributed by atoms with Crippen LogP contribution in [0.15, 0.2) is 59.0 Å². The minimum atomic E-state index is 0.0274. The molecule has 26 heavy (non-hydrogen) atoms. The van der Waals surface area contributed by atoms with E-state index < -0.39 is 0 Å². The highest BCUT2D eigenvalue weighted by Gasteiger charge is 2.08. The van der Waals surface area contributed by atoms with Crippen LogP contribution in [0.25, 0.3) is 11.1 Å². The van der Waals surface area contributed by atoms with Crippen LogP contribution in [0.2, 0.25) is 0 Å². The molecule has 2 aromatic carbocycles. The fourth-order valence-corrected chi connectivity index (χ4v) is 2.87. The molecule has 0 saturated carbocycles. The van der Waals surface area contributed by atoms with E-state index in [1.165, 1.54) is 0 Å². The van der Waals surface area contributed by atoms with Gasteiger partial charge < -0.3 is 19.6 Å². The van der Waals surface area contributed by atoms with Crippen LogP contribution >= 0.6 is 12.2 Å². The second kappa shape index (κ2) is 8.06. The molecule has 4 nitrogen and oxygen atoms in total. The van der Waals surface area contributed by atoms with Gasteiger partial charge in [0.25, 0.3) is 0 Å². The second-order valence-corrected chi connectivity index (χ2v) is 6.30. The summed E-state index contributed by atoms with van der Waals surface area (Å²) in [5.74, 6) is 2.08. The Hall–Kier alpha value is -2.79. The van der Waals surface area contributed by atoms with Gasteiger partial charge in [0.05, 0.1) is 18.2 Å². The molecule has 1 heterocycles. The van der Waals surface area contributed by atoms with Crippen molar-refractivity contribution in [2.75, 3.05) is 12.4 Å². The zero-order valence-corrected chi connectivity index (χ0v) is 15.6. The predicted molar refractivity (Wildman–Crippen MR) is 106 cm³/mol. The van der Waals surface area contributed by atoms with Crippen molar-refractivity contribution in [1.29, 1.82) is 0 Å². The van der Waals surface area contributed by atoms with Crippen LogP contribution in [0.4, 0.5) is 5.69 Å². The Morgan fingerprint density at radius 3 is 2.23 bits per heavy atom. The molecule has 134 valence electrons. The van der Waals surface area contributed by atoms with Crippen LogP contribution in [-0.4, -0.2) is 12.2 Å². The van der Waals surface area contributed by atoms with Gasteiger partial charge in [-0.3, -0.25) is 0 Å². The predicted octanol–water partition coefficient (Wildman–Crippen LogP) is 5.56. The van der Waals surface area contributed by atoms with E-state index in [1.807, 2.05) is 55.5 Å². The lowest BCUT2D eigenvalue weighted by Crippen LogP contribution is -2.01. The van der Waals surface area contributed by atoms with Crippen molar-refractivity contribution in [3.63, 3.8) is 0 Å². The lowest BCUT2D eigenvalue weighted by Gasteiger charge is -2.10. The molecule has 0 unspecified atom stereocenters. The molecular weight excluding hydrogens is 346 g/mol. The van der Waals surface area contributed by atoms with Gasteiger partial charge in [0.1, 0.15) is 11.5 Å². The summed E-state index contributed by atoms with van der Waals surface area (Å²) in [4.78, 5) is 0. The van der Waals surface area contributed by atoms with Gasteiger partial charge in [-0.05, 0) is 41.5 Å². The molecule has 0 saturated heterocycles. The zero-order valence-electron chi connectivity index (χ0n) is 14.8. The maximum Gasteiger partial charge on any atom is 0.174 e. The van der Waals surface area contributed by atoms with E-state index in [1.54, 1.807) is 13.2 Å². The Balaban J connectivity index is 1.72. The fourth-order valence-electron chi connectivity index (χ4n) is 2.63. The van der Waals surface area contributed by atoms with Crippen LogP contribution in [0.1, 0.15) is 18.4 Å². The number of hydrogen-bond acceptors (Lipinski definition) is 5. The summed E-state index contributed by atoms with van der Waals surface area (Å²) >= 11 is 5.17. The molecule has 0 radical (unpaired) electrons. The number of hydrogen-bond donors (Lipinski definition) is 2. The summed E-state index contributed by atoms with van der Waals surface area (Å²) in [6.45, 7) is 2.35. The Bertz CT molecular complexity index is 931. The fraction of sp³-hybridized carbons (Fsp3) is 0.190. The lowest BCUT2D eigenvalue weighted by molar-refractivity contribution is 0.389. The van der Waals surface area contributed by atoms with E-state index in [2.05, 4.69) is 5.32 Å². The smallest absolute Gasteiger partial charge is 0.174 e. The summed E-state index contributed by atoms with van der Waals surface area (Å²) in [6, 6.07) is 17.7. The molecule has 0 spiro atoms. The van der Waals surface area contributed by atoms with Crippen LogP contribution in [-0.2, 0) is 13.0 Å². The monoisotopic (exact) mass is 367 g/mol. The van der Waals surface area contributed by atoms with Crippen molar-refractivity contribution in [3.8, 4) is 22.6 Å². The van der Waals surface area contributed by atoms with Crippen molar-refractivity contribution in [3.05, 3.63) is 70.6 Å². The molecular formula is C21H21NO3S. The van der Waals surface area contributed by atoms with E-state index in [0.717, 1.165) is 34.7 Å². The molecule has 3 rings (SSSR count). The van der Waals surface area contributed by atoms with Gasteiger partial charge in [-0.25, -0.2) is 0 Å². The SMILES string of the molecule is CCc1cc(=S)c(O)c(CNc2ccc(-c3ccc(OC)cc3)cc2)o1. The summed E-state index contributed by atoms with van der Waals surface area (Å²) in [5.41, 5.74) is 3.17. The molecule has 0 bridgehead atoms. The van der Waals surface area contributed by atoms with Crippen molar-refractivity contribution in [2.45, 2.75) is 19.9 Å². The first-order valence-corrected chi connectivity index (χ1v) is 8.84. The van der Waals surface area contributed by atoms with Crippen molar-refractivity contribution in [2.24, 2.45) is 0 Å². The molecule has 0 amide bonds. The van der Waals surface area contributed by atoms with Gasteiger partial charge in [0.2, 0.25) is 0 Å². The summed E-state index contributed by atoms with van der Waals surface area (Å²) in [6.07, 6.45) is 0.730. The van der Waals surface area contributed by atoms with Gasteiger partial charge in [0.15, 0.2) is 11.5 Å². The van der Waals surface area contributed by atoms with Gasteiger partial charge in [-0.15, -0.1) is 0 Å². The van der Waals surface area contributed by atoms with Crippen LogP contribution in [0, 0.1) is 4.51 Å². The summed E-state index contributed by atoms with van der Waals surface area (Å²) in [7, 11) is 1.66. The lowest BCUT2D eigenvalue weighted by atomic mass is 10.1. The minimum Gasteiger partial charge on any atom is -0.503 e. The third-order valence-corrected chi connectivity index (χ3v) is 4.46. The topological polar surface area (TPSA) is 54.6 Å². The number of benzene rings is 2. The number of methoxy groups -OCH3 is 1. The van der Waals surface area contributed by atoms with Gasteiger partial charge in [-0.2, -0.15) is 0 Å². The Kier molecular flexibility index (Phi) is 5.58. The standard InChI is InChI=1S/C21H21NO3S/c1-3-17-12-20(26)21(23)19(25-17)13-22-16-8-4-14(5-9-16)15-6-10-18(24-2)11-7-15/h4-12,22-23H,3,13H2,1-2H3. The molecule has 3 aromatic rings. The average molecular weight is 367 g/mol. The molecule has 1 aromatic heterocycles.